The summed E-state index contributed by atoms with van der Waals surface area (Å²) in [5.74, 6) is 0.789. The van der Waals surface area contributed by atoms with Gasteiger partial charge in [-0.2, -0.15) is 0 Å². The summed E-state index contributed by atoms with van der Waals surface area (Å²) >= 11 is 3.35. The van der Waals surface area contributed by atoms with E-state index < -0.39 is 0 Å². The fourth-order valence-electron chi connectivity index (χ4n) is 0.814. The summed E-state index contributed by atoms with van der Waals surface area (Å²) < 4.78 is 0.938. The molecule has 0 fully saturated rings. The Bertz CT molecular complexity index is 249. The molecule has 11 heavy (non-hydrogen) atoms. The van der Waals surface area contributed by atoms with Gasteiger partial charge in [-0.25, -0.2) is 9.97 Å². The van der Waals surface area contributed by atoms with Crippen LogP contribution in [0.3, 0.4) is 0 Å². The molecule has 60 valence electrons. The molecule has 0 aliphatic heterocycles. The lowest BCUT2D eigenvalue weighted by molar-refractivity contribution is 0.879. The Morgan fingerprint density at radius 2 is 2.36 bits per heavy atom. The van der Waals surface area contributed by atoms with Gasteiger partial charge in [0.15, 0.2) is 0 Å². The number of hydrogen-bond donors (Lipinski definition) is 1. The average molecular weight is 216 g/mol. The number of aryl methyl sites for hydroxylation is 1. The molecule has 0 saturated heterocycles. The largest absolute Gasteiger partial charge is 0.330 e. The number of halogens is 1. The van der Waals surface area contributed by atoms with Crippen LogP contribution in [0, 0.1) is 6.92 Å². The Balaban J connectivity index is 2.93. The Hall–Kier alpha value is -0.480. The summed E-state index contributed by atoms with van der Waals surface area (Å²) in [5.41, 5.74) is 6.38. The molecular formula is C7H10BrN3. The maximum Gasteiger partial charge on any atom is 0.125 e. The van der Waals surface area contributed by atoms with Crippen molar-refractivity contribution in [3.8, 4) is 0 Å². The molecule has 0 bridgehead atoms. The highest BCUT2D eigenvalue weighted by Crippen LogP contribution is 2.12. The molecule has 1 aromatic heterocycles. The second kappa shape index (κ2) is 3.78. The molecule has 1 rings (SSSR count). The van der Waals surface area contributed by atoms with Crippen molar-refractivity contribution in [1.29, 1.82) is 0 Å². The highest BCUT2D eigenvalue weighted by molar-refractivity contribution is 9.10. The predicted octanol–water partition coefficient (Wildman–Crippen LogP) is 1.05. The van der Waals surface area contributed by atoms with Crippen molar-refractivity contribution < 1.29 is 0 Å². The minimum Gasteiger partial charge on any atom is -0.330 e. The van der Waals surface area contributed by atoms with Gasteiger partial charge in [0.05, 0.1) is 10.2 Å². The molecule has 1 aromatic rings. The molecule has 4 heteroatoms. The molecule has 0 amide bonds. The number of hydrogen-bond acceptors (Lipinski definition) is 3. The highest BCUT2D eigenvalue weighted by Gasteiger charge is 2.00. The monoisotopic (exact) mass is 215 g/mol. The fourth-order valence-corrected chi connectivity index (χ4v) is 1.20. The van der Waals surface area contributed by atoms with Gasteiger partial charge < -0.3 is 5.73 Å². The zero-order valence-electron chi connectivity index (χ0n) is 6.34. The van der Waals surface area contributed by atoms with Gasteiger partial charge in [0.2, 0.25) is 0 Å². The molecule has 0 aliphatic carbocycles. The van der Waals surface area contributed by atoms with Crippen LogP contribution >= 0.6 is 15.9 Å². The van der Waals surface area contributed by atoms with Gasteiger partial charge in [0, 0.05) is 12.6 Å². The van der Waals surface area contributed by atoms with Crippen molar-refractivity contribution in [2.75, 3.05) is 6.54 Å². The number of aromatic nitrogens is 2. The van der Waals surface area contributed by atoms with Crippen molar-refractivity contribution in [2.45, 2.75) is 13.3 Å². The van der Waals surface area contributed by atoms with E-state index in [9.17, 15) is 0 Å². The highest BCUT2D eigenvalue weighted by atomic mass is 79.9. The van der Waals surface area contributed by atoms with E-state index in [2.05, 4.69) is 25.9 Å². The number of nitrogens with zero attached hydrogens (tertiary/aromatic N) is 2. The summed E-state index contributed by atoms with van der Waals surface area (Å²) in [4.78, 5) is 8.25. The molecule has 0 aliphatic rings. The quantitative estimate of drug-likeness (QED) is 0.803. The second-order valence-corrected chi connectivity index (χ2v) is 3.10. The third-order valence-corrected chi connectivity index (χ3v) is 1.98. The lowest BCUT2D eigenvalue weighted by Gasteiger charge is -2.00. The molecule has 1 heterocycles. The van der Waals surface area contributed by atoms with Crippen LogP contribution in [0.1, 0.15) is 11.5 Å². The first-order valence-corrected chi connectivity index (χ1v) is 4.21. The summed E-state index contributed by atoms with van der Waals surface area (Å²) in [6.45, 7) is 2.49. The first-order chi connectivity index (χ1) is 5.24. The van der Waals surface area contributed by atoms with Crippen molar-refractivity contribution in [2.24, 2.45) is 5.73 Å². The predicted molar refractivity (Wildman–Crippen MR) is 47.2 cm³/mol. The van der Waals surface area contributed by atoms with Crippen LogP contribution in [0.5, 0.6) is 0 Å². The van der Waals surface area contributed by atoms with Crippen LogP contribution in [0.4, 0.5) is 0 Å². The van der Waals surface area contributed by atoms with Crippen molar-refractivity contribution in [3.05, 3.63) is 22.2 Å². The van der Waals surface area contributed by atoms with E-state index in [1.165, 1.54) is 0 Å². The van der Waals surface area contributed by atoms with Crippen LogP contribution in [-0.4, -0.2) is 16.5 Å². The molecule has 0 saturated carbocycles. The summed E-state index contributed by atoms with van der Waals surface area (Å²) in [7, 11) is 0. The van der Waals surface area contributed by atoms with Crippen LogP contribution in [0.2, 0.25) is 0 Å². The van der Waals surface area contributed by atoms with E-state index in [0.29, 0.717) is 6.54 Å². The third kappa shape index (κ3) is 2.24. The van der Waals surface area contributed by atoms with Crippen molar-refractivity contribution in [1.82, 2.24) is 9.97 Å². The average Bonchev–Trinajstić information content (AvgIpc) is 1.98. The lowest BCUT2D eigenvalue weighted by Crippen LogP contribution is -2.06. The number of rotatable bonds is 2. The molecule has 0 spiro atoms. The molecule has 0 atom stereocenters. The molecule has 2 N–H and O–H groups in total. The van der Waals surface area contributed by atoms with E-state index in [1.807, 2.05) is 6.92 Å². The van der Waals surface area contributed by atoms with E-state index in [0.717, 1.165) is 22.4 Å². The normalized spacial score (nSPS) is 10.1. The van der Waals surface area contributed by atoms with Crippen LogP contribution in [0.25, 0.3) is 0 Å². The molecule has 3 nitrogen and oxygen atoms in total. The lowest BCUT2D eigenvalue weighted by atomic mass is 10.3. The Morgan fingerprint density at radius 1 is 1.64 bits per heavy atom. The van der Waals surface area contributed by atoms with Crippen molar-refractivity contribution >= 4 is 15.9 Å². The van der Waals surface area contributed by atoms with Gasteiger partial charge >= 0.3 is 0 Å². The topological polar surface area (TPSA) is 51.8 Å². The van der Waals surface area contributed by atoms with Crippen LogP contribution in [0.15, 0.2) is 10.7 Å². The van der Waals surface area contributed by atoms with Gasteiger partial charge in [-0.3, -0.25) is 0 Å². The van der Waals surface area contributed by atoms with Crippen LogP contribution < -0.4 is 5.73 Å². The Morgan fingerprint density at radius 3 is 3.00 bits per heavy atom. The van der Waals surface area contributed by atoms with Gasteiger partial charge in [0.1, 0.15) is 5.82 Å². The van der Waals surface area contributed by atoms with E-state index >= 15 is 0 Å². The summed E-state index contributed by atoms with van der Waals surface area (Å²) in [6, 6.07) is 0. The first-order valence-electron chi connectivity index (χ1n) is 3.42. The van der Waals surface area contributed by atoms with Gasteiger partial charge in [-0.15, -0.1) is 0 Å². The number of nitrogens with two attached hydrogens (primary N) is 1. The first kappa shape index (κ1) is 8.62. The second-order valence-electron chi connectivity index (χ2n) is 2.25. The summed E-state index contributed by atoms with van der Waals surface area (Å²) in [6.07, 6.45) is 2.55. The van der Waals surface area contributed by atoms with E-state index in [1.54, 1.807) is 6.20 Å². The van der Waals surface area contributed by atoms with Gasteiger partial charge in [-0.1, -0.05) is 0 Å². The smallest absolute Gasteiger partial charge is 0.125 e. The molecule has 0 aromatic carbocycles. The maximum absolute atomic E-state index is 5.40. The molecular weight excluding hydrogens is 206 g/mol. The van der Waals surface area contributed by atoms with E-state index in [-0.39, 0.29) is 0 Å². The van der Waals surface area contributed by atoms with Crippen molar-refractivity contribution in [3.63, 3.8) is 0 Å². The molecule has 0 radical (unpaired) electrons. The Kier molecular flexibility index (Phi) is 2.96. The fraction of sp³-hybridized carbons (Fsp3) is 0.429. The van der Waals surface area contributed by atoms with Gasteiger partial charge in [0.25, 0.3) is 0 Å². The molecule has 0 unspecified atom stereocenters. The SMILES string of the molecule is Cc1ncc(Br)c(CCN)n1. The zero-order valence-corrected chi connectivity index (χ0v) is 7.93. The van der Waals surface area contributed by atoms with E-state index in [4.69, 9.17) is 5.73 Å². The summed E-state index contributed by atoms with van der Waals surface area (Å²) in [5, 5.41) is 0. The zero-order chi connectivity index (χ0) is 8.27. The third-order valence-electron chi connectivity index (χ3n) is 1.32. The van der Waals surface area contributed by atoms with Gasteiger partial charge in [-0.05, 0) is 29.4 Å². The standard InChI is InChI=1S/C7H10BrN3/c1-5-10-4-6(8)7(11-5)2-3-9/h4H,2-3,9H2,1H3. The minimum atomic E-state index is 0.620. The minimum absolute atomic E-state index is 0.620. The maximum atomic E-state index is 5.40. The Labute approximate surface area is 74.2 Å². The van der Waals surface area contributed by atoms with Crippen LogP contribution in [-0.2, 0) is 6.42 Å².